The molecule has 0 saturated heterocycles. The van der Waals surface area contributed by atoms with E-state index in [9.17, 15) is 19.8 Å². The minimum Gasteiger partial charge on any atom is -0.466 e. The van der Waals surface area contributed by atoms with Gasteiger partial charge in [-0.2, -0.15) is 0 Å². The first kappa shape index (κ1) is 81.3. The quantitative estimate of drug-likeness (QED) is 0.0320. The number of carbonyl (C=O) groups excluding carboxylic acids is 2. The van der Waals surface area contributed by atoms with E-state index >= 15 is 0 Å². The van der Waals surface area contributed by atoms with Crippen molar-refractivity contribution in [3.05, 3.63) is 24.3 Å². The Morgan fingerprint density at radius 3 is 0.855 bits per heavy atom. The number of ether oxygens (including phenoxy) is 1. The van der Waals surface area contributed by atoms with Crippen LogP contribution in [0.5, 0.6) is 0 Å². The first-order chi connectivity index (χ1) is 41.0. The molecule has 0 rings (SSSR count). The van der Waals surface area contributed by atoms with Crippen LogP contribution < -0.4 is 5.32 Å². The summed E-state index contributed by atoms with van der Waals surface area (Å²) in [5.41, 5.74) is 0. The van der Waals surface area contributed by atoms with Gasteiger partial charge in [-0.25, -0.2) is 0 Å². The smallest absolute Gasteiger partial charge is 0.305 e. The normalized spacial score (nSPS) is 12.6. The van der Waals surface area contributed by atoms with Crippen molar-refractivity contribution in [3.8, 4) is 0 Å². The molecule has 0 heterocycles. The van der Waals surface area contributed by atoms with Crippen LogP contribution in [0.25, 0.3) is 0 Å². The van der Waals surface area contributed by atoms with Crippen LogP contribution in [0.2, 0.25) is 0 Å². The monoisotopic (exact) mass is 1170 g/mol. The number of aliphatic hydroxyl groups excluding tert-OH is 2. The summed E-state index contributed by atoms with van der Waals surface area (Å²) in [6, 6.07) is -0.627. The van der Waals surface area contributed by atoms with Gasteiger partial charge in [-0.3, -0.25) is 9.59 Å². The van der Waals surface area contributed by atoms with Crippen molar-refractivity contribution in [1.82, 2.24) is 5.32 Å². The molecule has 0 aromatic carbocycles. The van der Waals surface area contributed by atoms with Gasteiger partial charge in [0.25, 0.3) is 0 Å². The summed E-state index contributed by atoms with van der Waals surface area (Å²) >= 11 is 0. The molecule has 6 nitrogen and oxygen atoms in total. The Morgan fingerprint density at radius 1 is 0.325 bits per heavy atom. The molecule has 0 aromatic heterocycles. The maximum atomic E-state index is 12.5. The van der Waals surface area contributed by atoms with Crippen LogP contribution in [-0.4, -0.2) is 47.4 Å². The second-order valence-electron chi connectivity index (χ2n) is 26.3. The molecule has 2 unspecified atom stereocenters. The second kappa shape index (κ2) is 72.8. The number of rotatable bonds is 72. The van der Waals surface area contributed by atoms with Gasteiger partial charge in [0.05, 0.1) is 25.4 Å². The third kappa shape index (κ3) is 69.3. The fourth-order valence-electron chi connectivity index (χ4n) is 12.2. The minimum atomic E-state index is -0.844. The molecule has 3 N–H and O–H groups in total. The first-order valence-corrected chi connectivity index (χ1v) is 38.1. The van der Waals surface area contributed by atoms with E-state index in [0.717, 1.165) is 38.5 Å². The third-order valence-corrected chi connectivity index (χ3v) is 18.0. The Hall–Kier alpha value is -1.66. The van der Waals surface area contributed by atoms with Gasteiger partial charge in [-0.1, -0.05) is 385 Å². The van der Waals surface area contributed by atoms with Gasteiger partial charge in [-0.15, -0.1) is 0 Å². The Labute approximate surface area is 520 Å². The lowest BCUT2D eigenvalue weighted by Gasteiger charge is -2.20. The molecule has 0 aliphatic rings. The maximum absolute atomic E-state index is 12.5. The largest absolute Gasteiger partial charge is 0.466 e. The summed E-state index contributed by atoms with van der Waals surface area (Å²) in [5, 5.41) is 23.3. The van der Waals surface area contributed by atoms with Gasteiger partial charge >= 0.3 is 5.97 Å². The topological polar surface area (TPSA) is 95.9 Å². The Balaban J connectivity index is 3.37. The number of nitrogens with one attached hydrogen (secondary N) is 1. The van der Waals surface area contributed by atoms with Crippen LogP contribution in [-0.2, 0) is 14.3 Å². The van der Waals surface area contributed by atoms with E-state index in [-0.39, 0.29) is 18.5 Å². The zero-order valence-corrected chi connectivity index (χ0v) is 56.5. The van der Waals surface area contributed by atoms with Crippen LogP contribution in [0.3, 0.4) is 0 Å². The van der Waals surface area contributed by atoms with Gasteiger partial charge in [0.2, 0.25) is 5.91 Å². The number of carbonyl (C=O) groups is 2. The molecule has 492 valence electrons. The van der Waals surface area contributed by atoms with Crippen LogP contribution in [0.4, 0.5) is 0 Å². The van der Waals surface area contributed by atoms with Crippen LogP contribution in [0.15, 0.2) is 24.3 Å². The molecule has 2 atom stereocenters. The molecule has 0 saturated carbocycles. The fourth-order valence-corrected chi connectivity index (χ4v) is 12.2. The molecule has 0 aromatic rings. The molecule has 83 heavy (non-hydrogen) atoms. The maximum Gasteiger partial charge on any atom is 0.305 e. The summed E-state index contributed by atoms with van der Waals surface area (Å²) in [4.78, 5) is 24.6. The Kier molecular flexibility index (Phi) is 71.4. The van der Waals surface area contributed by atoms with E-state index in [1.165, 1.54) is 366 Å². The zero-order valence-electron chi connectivity index (χ0n) is 56.5. The number of amides is 1. The standard InChI is InChI=1S/C77H149NO5/c1-3-5-7-9-11-13-15-17-19-20-21-35-38-42-45-49-53-57-61-65-69-75(80)74(73-79)78-76(81)70-66-62-58-54-50-46-43-39-36-33-31-29-27-25-23-22-24-26-28-30-32-34-37-40-44-48-52-56-60-64-68-72-83-77(82)71-67-63-59-55-51-47-41-18-16-14-12-10-8-6-4-2/h24,26,65,69,74-75,79-80H,3-23,25,27-64,66-68,70-73H2,1-2H3,(H,78,81)/b26-24-,69-65+. The summed E-state index contributed by atoms with van der Waals surface area (Å²) in [6.45, 7) is 4.96. The van der Waals surface area contributed by atoms with Crippen molar-refractivity contribution in [2.75, 3.05) is 13.2 Å². The van der Waals surface area contributed by atoms with Gasteiger partial charge in [0.15, 0.2) is 0 Å². The number of hydrogen-bond donors (Lipinski definition) is 3. The number of aliphatic hydroxyl groups is 2. The van der Waals surface area contributed by atoms with E-state index in [2.05, 4.69) is 31.3 Å². The lowest BCUT2D eigenvalue weighted by molar-refractivity contribution is -0.143. The van der Waals surface area contributed by atoms with Gasteiger partial charge in [-0.05, 0) is 57.8 Å². The first-order valence-electron chi connectivity index (χ1n) is 38.1. The van der Waals surface area contributed by atoms with Gasteiger partial charge in [0.1, 0.15) is 0 Å². The summed E-state index contributed by atoms with van der Waals surface area (Å²) < 4.78 is 5.50. The van der Waals surface area contributed by atoms with E-state index in [0.29, 0.717) is 19.4 Å². The highest BCUT2D eigenvalue weighted by Gasteiger charge is 2.18. The third-order valence-electron chi connectivity index (χ3n) is 18.0. The van der Waals surface area contributed by atoms with Crippen molar-refractivity contribution >= 4 is 11.9 Å². The molecular weight excluding hydrogens is 1020 g/mol. The Bertz CT molecular complexity index is 1300. The number of hydrogen-bond acceptors (Lipinski definition) is 5. The molecule has 0 radical (unpaired) electrons. The molecule has 0 spiro atoms. The lowest BCUT2D eigenvalue weighted by atomic mass is 10.0. The highest BCUT2D eigenvalue weighted by molar-refractivity contribution is 5.76. The SMILES string of the molecule is CCCCCCCCCCCCCCCCCCCC/C=C/C(O)C(CO)NC(=O)CCCCCCCCCCCCCCCCC/C=C\CCCCCCCCCCCCCCOC(=O)CCCCCCCCCCCCCCCCC. The number of esters is 1. The van der Waals surface area contributed by atoms with E-state index < -0.39 is 12.1 Å². The zero-order chi connectivity index (χ0) is 59.9. The van der Waals surface area contributed by atoms with Crippen molar-refractivity contribution in [1.29, 1.82) is 0 Å². The molecule has 0 aliphatic carbocycles. The number of unbranched alkanes of at least 4 members (excludes halogenated alkanes) is 59. The summed E-state index contributed by atoms with van der Waals surface area (Å²) in [5.74, 6) is -0.0403. The molecule has 0 fully saturated rings. The van der Waals surface area contributed by atoms with Crippen molar-refractivity contribution < 1.29 is 24.5 Å². The highest BCUT2D eigenvalue weighted by Crippen LogP contribution is 2.19. The predicted molar refractivity (Wildman–Crippen MR) is 366 cm³/mol. The van der Waals surface area contributed by atoms with Crippen molar-refractivity contribution in [3.63, 3.8) is 0 Å². The summed E-state index contributed by atoms with van der Waals surface area (Å²) in [6.07, 6.45) is 92.8. The highest BCUT2D eigenvalue weighted by atomic mass is 16.5. The van der Waals surface area contributed by atoms with Crippen molar-refractivity contribution in [2.45, 2.75) is 443 Å². The predicted octanol–water partition coefficient (Wildman–Crippen LogP) is 24.9. The van der Waals surface area contributed by atoms with E-state index in [1.54, 1.807) is 6.08 Å². The molecule has 1 amide bonds. The average molecular weight is 1170 g/mol. The van der Waals surface area contributed by atoms with Crippen LogP contribution >= 0.6 is 0 Å². The van der Waals surface area contributed by atoms with Crippen molar-refractivity contribution in [2.24, 2.45) is 0 Å². The molecule has 0 aliphatic heterocycles. The lowest BCUT2D eigenvalue weighted by Crippen LogP contribution is -2.45. The fraction of sp³-hybridized carbons (Fsp3) is 0.922. The summed E-state index contributed by atoms with van der Waals surface area (Å²) in [7, 11) is 0. The molecule has 0 bridgehead atoms. The number of allylic oxidation sites excluding steroid dienone is 3. The van der Waals surface area contributed by atoms with Gasteiger partial charge in [0, 0.05) is 12.8 Å². The molecule has 6 heteroatoms. The second-order valence-corrected chi connectivity index (χ2v) is 26.3. The average Bonchev–Trinajstić information content (AvgIpc) is 3.49. The van der Waals surface area contributed by atoms with Crippen LogP contribution in [0.1, 0.15) is 431 Å². The minimum absolute atomic E-state index is 0.0212. The molecular formula is C77H149NO5. The van der Waals surface area contributed by atoms with Gasteiger partial charge < -0.3 is 20.3 Å². The van der Waals surface area contributed by atoms with Crippen LogP contribution in [0, 0.1) is 0 Å². The van der Waals surface area contributed by atoms with E-state index in [4.69, 9.17) is 4.74 Å². The van der Waals surface area contributed by atoms with E-state index in [1.807, 2.05) is 6.08 Å². The Morgan fingerprint density at radius 2 is 0.566 bits per heavy atom.